The summed E-state index contributed by atoms with van der Waals surface area (Å²) in [4.78, 5) is 7.05. The van der Waals surface area contributed by atoms with E-state index in [-0.39, 0.29) is 0 Å². The molecule has 0 fully saturated rings. The van der Waals surface area contributed by atoms with Crippen LogP contribution in [0, 0.1) is 5.41 Å². The molecule has 0 aliphatic carbocycles. The normalized spacial score (nSPS) is 10.4. The summed E-state index contributed by atoms with van der Waals surface area (Å²) in [6.45, 7) is 0. The monoisotopic (exact) mass is 262 g/mol. The SMILES string of the molecule is N=C(c1ccc[nH]1)c1cc(-c2ccncc2)ccc1N. The van der Waals surface area contributed by atoms with Gasteiger partial charge in [-0.15, -0.1) is 0 Å². The summed E-state index contributed by atoms with van der Waals surface area (Å²) in [5, 5.41) is 8.26. The second-order valence-electron chi connectivity index (χ2n) is 4.50. The highest BCUT2D eigenvalue weighted by atomic mass is 14.7. The first-order chi connectivity index (χ1) is 9.75. The Labute approximate surface area is 116 Å². The molecule has 20 heavy (non-hydrogen) atoms. The van der Waals surface area contributed by atoms with Crippen molar-refractivity contribution in [3.8, 4) is 11.1 Å². The Morgan fingerprint density at radius 3 is 2.55 bits per heavy atom. The maximum Gasteiger partial charge on any atom is 0.0867 e. The van der Waals surface area contributed by atoms with E-state index in [0.717, 1.165) is 22.4 Å². The average Bonchev–Trinajstić information content (AvgIpc) is 3.02. The van der Waals surface area contributed by atoms with Gasteiger partial charge < -0.3 is 10.7 Å². The van der Waals surface area contributed by atoms with Crippen molar-refractivity contribution in [1.29, 1.82) is 5.41 Å². The van der Waals surface area contributed by atoms with Gasteiger partial charge in [0.05, 0.1) is 11.4 Å². The first kappa shape index (κ1) is 12.2. The molecule has 1 aromatic carbocycles. The van der Waals surface area contributed by atoms with Gasteiger partial charge in [-0.25, -0.2) is 0 Å². The van der Waals surface area contributed by atoms with Gasteiger partial charge in [-0.1, -0.05) is 6.07 Å². The molecule has 2 heterocycles. The van der Waals surface area contributed by atoms with Crippen LogP contribution in [-0.2, 0) is 0 Å². The van der Waals surface area contributed by atoms with Gasteiger partial charge in [0.1, 0.15) is 0 Å². The van der Waals surface area contributed by atoms with Crippen LogP contribution in [0.15, 0.2) is 61.1 Å². The number of benzene rings is 1. The van der Waals surface area contributed by atoms with Crippen LogP contribution in [0.4, 0.5) is 5.69 Å². The minimum atomic E-state index is 0.392. The van der Waals surface area contributed by atoms with E-state index >= 15 is 0 Å². The summed E-state index contributed by atoms with van der Waals surface area (Å²) in [5.41, 5.74) is 10.6. The lowest BCUT2D eigenvalue weighted by atomic mass is 9.99. The molecule has 0 spiro atoms. The smallest absolute Gasteiger partial charge is 0.0867 e. The van der Waals surface area contributed by atoms with Crippen molar-refractivity contribution in [3.05, 3.63) is 72.3 Å². The maximum atomic E-state index is 8.26. The number of hydrogen-bond donors (Lipinski definition) is 3. The van der Waals surface area contributed by atoms with E-state index in [1.54, 1.807) is 18.6 Å². The molecule has 0 radical (unpaired) electrons. The molecule has 4 heteroatoms. The Hall–Kier alpha value is -2.88. The number of nitrogens with two attached hydrogens (primary N) is 1. The molecule has 0 saturated carbocycles. The fraction of sp³-hybridized carbons (Fsp3) is 0. The van der Waals surface area contributed by atoms with Crippen LogP contribution in [0.25, 0.3) is 11.1 Å². The maximum absolute atomic E-state index is 8.26. The third kappa shape index (κ3) is 2.19. The predicted molar refractivity (Wildman–Crippen MR) is 80.8 cm³/mol. The van der Waals surface area contributed by atoms with Crippen LogP contribution in [-0.4, -0.2) is 15.7 Å². The fourth-order valence-electron chi connectivity index (χ4n) is 2.13. The second-order valence-corrected chi connectivity index (χ2v) is 4.50. The zero-order valence-corrected chi connectivity index (χ0v) is 10.8. The van der Waals surface area contributed by atoms with Gasteiger partial charge in [0.2, 0.25) is 0 Å². The number of nitrogens with one attached hydrogen (secondary N) is 2. The first-order valence-corrected chi connectivity index (χ1v) is 6.28. The molecule has 0 bridgehead atoms. The van der Waals surface area contributed by atoms with Crippen LogP contribution in [0.3, 0.4) is 0 Å². The molecule has 0 aliphatic rings. The van der Waals surface area contributed by atoms with E-state index in [9.17, 15) is 0 Å². The quantitative estimate of drug-likeness (QED) is 0.501. The van der Waals surface area contributed by atoms with Gasteiger partial charge in [-0.3, -0.25) is 10.4 Å². The Morgan fingerprint density at radius 1 is 1.05 bits per heavy atom. The lowest BCUT2D eigenvalue weighted by molar-refractivity contribution is 1.32. The van der Waals surface area contributed by atoms with Gasteiger partial charge in [0, 0.05) is 29.8 Å². The number of rotatable bonds is 3. The van der Waals surface area contributed by atoms with E-state index in [1.165, 1.54) is 0 Å². The summed E-state index contributed by atoms with van der Waals surface area (Å²) in [7, 11) is 0. The number of pyridine rings is 1. The van der Waals surface area contributed by atoms with Crippen molar-refractivity contribution in [2.45, 2.75) is 0 Å². The van der Waals surface area contributed by atoms with E-state index in [1.807, 2.05) is 42.5 Å². The summed E-state index contributed by atoms with van der Waals surface area (Å²) in [6.07, 6.45) is 5.30. The second kappa shape index (κ2) is 5.01. The van der Waals surface area contributed by atoms with Crippen LogP contribution in [0.5, 0.6) is 0 Å². The number of H-pyrrole nitrogens is 1. The average molecular weight is 262 g/mol. The van der Waals surface area contributed by atoms with Crippen LogP contribution < -0.4 is 5.73 Å². The minimum absolute atomic E-state index is 0.392. The molecular formula is C16H14N4. The van der Waals surface area contributed by atoms with E-state index in [2.05, 4.69) is 9.97 Å². The van der Waals surface area contributed by atoms with Gasteiger partial charge in [0.15, 0.2) is 0 Å². The van der Waals surface area contributed by atoms with Gasteiger partial charge >= 0.3 is 0 Å². The van der Waals surface area contributed by atoms with Crippen LogP contribution in [0.1, 0.15) is 11.3 Å². The van der Waals surface area contributed by atoms with Crippen molar-refractivity contribution in [2.24, 2.45) is 0 Å². The van der Waals surface area contributed by atoms with Crippen molar-refractivity contribution in [2.75, 3.05) is 5.73 Å². The molecule has 0 unspecified atom stereocenters. The zero-order chi connectivity index (χ0) is 13.9. The van der Waals surface area contributed by atoms with E-state index in [0.29, 0.717) is 11.4 Å². The summed E-state index contributed by atoms with van der Waals surface area (Å²) in [6, 6.07) is 13.3. The fourth-order valence-corrected chi connectivity index (χ4v) is 2.13. The largest absolute Gasteiger partial charge is 0.398 e. The van der Waals surface area contributed by atoms with Crippen molar-refractivity contribution >= 4 is 11.4 Å². The predicted octanol–water partition coefficient (Wildman–Crippen LogP) is 3.08. The number of aromatic amines is 1. The Balaban J connectivity index is 2.06. The highest BCUT2D eigenvalue weighted by Crippen LogP contribution is 2.24. The van der Waals surface area contributed by atoms with E-state index < -0.39 is 0 Å². The molecule has 4 N–H and O–H groups in total. The van der Waals surface area contributed by atoms with Gasteiger partial charge in [-0.05, 0) is 47.5 Å². The van der Waals surface area contributed by atoms with Gasteiger partial charge in [-0.2, -0.15) is 0 Å². The summed E-state index contributed by atoms with van der Waals surface area (Å²) < 4.78 is 0. The molecule has 3 rings (SSSR count). The van der Waals surface area contributed by atoms with Crippen molar-refractivity contribution in [1.82, 2.24) is 9.97 Å². The van der Waals surface area contributed by atoms with E-state index in [4.69, 9.17) is 11.1 Å². The number of anilines is 1. The van der Waals surface area contributed by atoms with Crippen molar-refractivity contribution < 1.29 is 0 Å². The molecule has 2 aromatic heterocycles. The Morgan fingerprint density at radius 2 is 1.85 bits per heavy atom. The Bertz CT molecular complexity index is 730. The standard InChI is InChI=1S/C16H14N4/c17-14-4-3-12(11-5-8-19-9-6-11)10-13(14)16(18)15-2-1-7-20-15/h1-10,18,20H,17H2. The molecule has 0 atom stereocenters. The van der Waals surface area contributed by atoms with Crippen LogP contribution >= 0.6 is 0 Å². The molecule has 0 aliphatic heterocycles. The third-order valence-corrected chi connectivity index (χ3v) is 3.20. The lowest BCUT2D eigenvalue weighted by Crippen LogP contribution is -2.06. The van der Waals surface area contributed by atoms with Gasteiger partial charge in [0.25, 0.3) is 0 Å². The zero-order valence-electron chi connectivity index (χ0n) is 10.8. The summed E-state index contributed by atoms with van der Waals surface area (Å²) in [5.74, 6) is 0. The number of nitrogens with zero attached hydrogens (tertiary/aromatic N) is 1. The summed E-state index contributed by atoms with van der Waals surface area (Å²) >= 11 is 0. The lowest BCUT2D eigenvalue weighted by Gasteiger charge is -2.09. The topological polar surface area (TPSA) is 78.5 Å². The molecule has 3 aromatic rings. The molecule has 98 valence electrons. The third-order valence-electron chi connectivity index (χ3n) is 3.20. The number of hydrogen-bond acceptors (Lipinski definition) is 3. The highest BCUT2D eigenvalue weighted by molar-refractivity contribution is 6.13. The minimum Gasteiger partial charge on any atom is -0.398 e. The molecule has 0 saturated heterocycles. The number of aromatic nitrogens is 2. The Kier molecular flexibility index (Phi) is 3.05. The number of nitrogen functional groups attached to an aromatic ring is 1. The van der Waals surface area contributed by atoms with Crippen LogP contribution in [0.2, 0.25) is 0 Å². The molecule has 4 nitrogen and oxygen atoms in total. The van der Waals surface area contributed by atoms with Crippen molar-refractivity contribution in [3.63, 3.8) is 0 Å². The molecule has 0 amide bonds. The molecular weight excluding hydrogens is 248 g/mol. The highest BCUT2D eigenvalue weighted by Gasteiger charge is 2.10. The first-order valence-electron chi connectivity index (χ1n) is 6.28.